The zero-order valence-corrected chi connectivity index (χ0v) is 11.3. The molecule has 2 aliphatic rings. The van der Waals surface area contributed by atoms with Gasteiger partial charge in [0.05, 0.1) is 26.0 Å². The van der Waals surface area contributed by atoms with Gasteiger partial charge in [-0.2, -0.15) is 4.39 Å². The lowest BCUT2D eigenvalue weighted by molar-refractivity contribution is -0.169. The van der Waals surface area contributed by atoms with Gasteiger partial charge < -0.3 is 19.1 Å². The third-order valence-electron chi connectivity index (χ3n) is 3.91. The van der Waals surface area contributed by atoms with Crippen molar-refractivity contribution in [2.75, 3.05) is 38.3 Å². The lowest BCUT2D eigenvalue weighted by Gasteiger charge is -2.39. The summed E-state index contributed by atoms with van der Waals surface area (Å²) < 4.78 is 43.3. The van der Waals surface area contributed by atoms with Crippen LogP contribution >= 0.6 is 0 Å². The highest BCUT2D eigenvalue weighted by molar-refractivity contribution is 5.59. The fraction of sp³-hybridized carbons (Fsp3) is 0.571. The quantitative estimate of drug-likeness (QED) is 0.834. The Balaban J connectivity index is 1.79. The van der Waals surface area contributed by atoms with Crippen LogP contribution in [0.2, 0.25) is 0 Å². The molecular weight excluding hydrogens is 268 g/mol. The van der Waals surface area contributed by atoms with Gasteiger partial charge in [0, 0.05) is 25.9 Å². The van der Waals surface area contributed by atoms with Gasteiger partial charge in [-0.15, -0.1) is 0 Å². The number of halogens is 2. The number of rotatable bonds is 2. The Labute approximate surface area is 116 Å². The van der Waals surface area contributed by atoms with Crippen LogP contribution in [0.4, 0.5) is 14.5 Å². The molecule has 1 aromatic carbocycles. The minimum atomic E-state index is -0.946. The zero-order chi connectivity index (χ0) is 14.2. The Kier molecular flexibility index (Phi) is 3.52. The molecule has 2 aliphatic heterocycles. The van der Waals surface area contributed by atoms with Crippen molar-refractivity contribution in [1.82, 2.24) is 0 Å². The predicted molar refractivity (Wildman–Crippen MR) is 69.0 cm³/mol. The smallest absolute Gasteiger partial charge is 0.202 e. The van der Waals surface area contributed by atoms with Crippen LogP contribution < -0.4 is 9.64 Å². The molecule has 0 N–H and O–H groups in total. The van der Waals surface area contributed by atoms with Crippen LogP contribution in [0.15, 0.2) is 12.1 Å². The first-order chi connectivity index (χ1) is 9.65. The largest absolute Gasteiger partial charge is 0.491 e. The third kappa shape index (κ3) is 2.23. The van der Waals surface area contributed by atoms with Crippen LogP contribution in [0.3, 0.4) is 0 Å². The van der Waals surface area contributed by atoms with Crippen molar-refractivity contribution in [1.29, 1.82) is 0 Å². The van der Waals surface area contributed by atoms with Crippen LogP contribution in [0.1, 0.15) is 12.8 Å². The van der Waals surface area contributed by atoms with Gasteiger partial charge in [-0.05, 0) is 12.1 Å². The van der Waals surface area contributed by atoms with Gasteiger partial charge in [0.2, 0.25) is 5.82 Å². The number of methoxy groups -OCH3 is 1. The maximum atomic E-state index is 13.7. The molecule has 0 bridgehead atoms. The fourth-order valence-electron chi connectivity index (χ4n) is 2.84. The van der Waals surface area contributed by atoms with E-state index in [2.05, 4.69) is 0 Å². The number of ether oxygens (including phenoxy) is 3. The van der Waals surface area contributed by atoms with E-state index in [0.717, 1.165) is 6.07 Å². The molecular formula is C14H17F2NO3. The van der Waals surface area contributed by atoms with E-state index in [1.807, 2.05) is 4.90 Å². The number of piperidine rings is 1. The minimum absolute atomic E-state index is 0.0470. The van der Waals surface area contributed by atoms with E-state index < -0.39 is 17.4 Å². The van der Waals surface area contributed by atoms with Crippen molar-refractivity contribution in [3.05, 3.63) is 23.8 Å². The lowest BCUT2D eigenvalue weighted by Crippen LogP contribution is -2.45. The van der Waals surface area contributed by atoms with Gasteiger partial charge in [-0.25, -0.2) is 4.39 Å². The van der Waals surface area contributed by atoms with Crippen molar-refractivity contribution in [3.8, 4) is 5.75 Å². The molecule has 2 fully saturated rings. The Morgan fingerprint density at radius 1 is 1.15 bits per heavy atom. The summed E-state index contributed by atoms with van der Waals surface area (Å²) in [4.78, 5) is 1.97. The van der Waals surface area contributed by atoms with Crippen molar-refractivity contribution in [3.63, 3.8) is 0 Å². The second-order valence-corrected chi connectivity index (χ2v) is 5.01. The van der Waals surface area contributed by atoms with Crippen molar-refractivity contribution in [2.24, 2.45) is 0 Å². The van der Waals surface area contributed by atoms with Crippen LogP contribution in [0.5, 0.6) is 5.75 Å². The number of anilines is 1. The molecule has 0 unspecified atom stereocenters. The molecule has 0 aromatic heterocycles. The normalized spacial score (nSPS) is 21.4. The van der Waals surface area contributed by atoms with Gasteiger partial charge in [0.1, 0.15) is 0 Å². The molecule has 0 atom stereocenters. The van der Waals surface area contributed by atoms with Gasteiger partial charge in [-0.3, -0.25) is 0 Å². The van der Waals surface area contributed by atoms with E-state index >= 15 is 0 Å². The summed E-state index contributed by atoms with van der Waals surface area (Å²) in [6.07, 6.45) is 1.41. The minimum Gasteiger partial charge on any atom is -0.491 e. The maximum absolute atomic E-state index is 13.7. The second-order valence-electron chi connectivity index (χ2n) is 5.01. The molecule has 0 saturated carbocycles. The van der Waals surface area contributed by atoms with E-state index in [1.54, 1.807) is 6.07 Å². The summed E-state index contributed by atoms with van der Waals surface area (Å²) in [5.41, 5.74) is 0.569. The SMILES string of the molecule is COc1c(N2CCC3(CC2)OCCO3)ccc(F)c1F. The molecule has 110 valence electrons. The van der Waals surface area contributed by atoms with Crippen molar-refractivity contribution >= 4 is 5.69 Å². The monoisotopic (exact) mass is 285 g/mol. The first-order valence-electron chi connectivity index (χ1n) is 6.70. The third-order valence-corrected chi connectivity index (χ3v) is 3.91. The average Bonchev–Trinajstić information content (AvgIpc) is 2.91. The molecule has 1 aromatic rings. The first-order valence-corrected chi connectivity index (χ1v) is 6.70. The van der Waals surface area contributed by atoms with E-state index in [1.165, 1.54) is 7.11 Å². The summed E-state index contributed by atoms with van der Waals surface area (Å²) >= 11 is 0. The average molecular weight is 285 g/mol. The van der Waals surface area contributed by atoms with Gasteiger partial charge >= 0.3 is 0 Å². The fourth-order valence-corrected chi connectivity index (χ4v) is 2.84. The molecule has 0 aliphatic carbocycles. The maximum Gasteiger partial charge on any atom is 0.202 e. The lowest BCUT2D eigenvalue weighted by atomic mass is 10.0. The molecule has 3 rings (SSSR count). The molecule has 1 spiro atoms. The van der Waals surface area contributed by atoms with E-state index in [0.29, 0.717) is 44.8 Å². The highest BCUT2D eigenvalue weighted by Crippen LogP contribution is 2.38. The van der Waals surface area contributed by atoms with Crippen LogP contribution in [-0.2, 0) is 9.47 Å². The molecule has 4 nitrogen and oxygen atoms in total. The van der Waals surface area contributed by atoms with Crippen LogP contribution in [0, 0.1) is 11.6 Å². The Morgan fingerprint density at radius 2 is 1.80 bits per heavy atom. The van der Waals surface area contributed by atoms with E-state index in [4.69, 9.17) is 14.2 Å². The standard InChI is InChI=1S/C14H17F2NO3/c1-18-13-11(3-2-10(15)12(13)16)17-6-4-14(5-7-17)19-8-9-20-14/h2-3H,4-9H2,1H3. The summed E-state index contributed by atoms with van der Waals surface area (Å²) in [5.74, 6) is -2.38. The summed E-state index contributed by atoms with van der Waals surface area (Å²) in [5, 5.41) is 0. The van der Waals surface area contributed by atoms with Gasteiger partial charge in [0.25, 0.3) is 0 Å². The summed E-state index contributed by atoms with van der Waals surface area (Å²) in [6, 6.07) is 2.67. The number of nitrogens with zero attached hydrogens (tertiary/aromatic N) is 1. The Hall–Kier alpha value is -1.40. The Morgan fingerprint density at radius 3 is 2.40 bits per heavy atom. The van der Waals surface area contributed by atoms with Crippen molar-refractivity contribution < 1.29 is 23.0 Å². The number of hydrogen-bond acceptors (Lipinski definition) is 4. The summed E-state index contributed by atoms with van der Waals surface area (Å²) in [7, 11) is 1.34. The van der Waals surface area contributed by atoms with Crippen LogP contribution in [0.25, 0.3) is 0 Å². The first kappa shape index (κ1) is 13.6. The summed E-state index contributed by atoms with van der Waals surface area (Å²) in [6.45, 7) is 2.55. The molecule has 2 heterocycles. The topological polar surface area (TPSA) is 30.9 Å². The van der Waals surface area contributed by atoms with Gasteiger partial charge in [-0.1, -0.05) is 0 Å². The Bertz CT molecular complexity index is 493. The molecule has 6 heteroatoms. The highest BCUT2D eigenvalue weighted by Gasteiger charge is 2.40. The second kappa shape index (κ2) is 5.18. The molecule has 20 heavy (non-hydrogen) atoms. The van der Waals surface area contributed by atoms with E-state index in [9.17, 15) is 8.78 Å². The number of hydrogen-bond donors (Lipinski definition) is 0. The predicted octanol–water partition coefficient (Wildman–Crippen LogP) is 2.32. The number of benzene rings is 1. The van der Waals surface area contributed by atoms with E-state index in [-0.39, 0.29) is 5.75 Å². The zero-order valence-electron chi connectivity index (χ0n) is 11.3. The molecule has 0 radical (unpaired) electrons. The molecule has 0 amide bonds. The van der Waals surface area contributed by atoms with Crippen LogP contribution in [-0.4, -0.2) is 39.2 Å². The highest BCUT2D eigenvalue weighted by atomic mass is 19.2. The van der Waals surface area contributed by atoms with Gasteiger partial charge in [0.15, 0.2) is 17.4 Å². The molecule has 2 saturated heterocycles. The van der Waals surface area contributed by atoms with Crippen molar-refractivity contribution in [2.45, 2.75) is 18.6 Å².